The number of allylic oxidation sites excluding steroid dienone is 1. The summed E-state index contributed by atoms with van der Waals surface area (Å²) in [6.45, 7) is 11.3. The standard InChI is InChI=1S/C37H41FN2O2/c1-3-5-21-40(22-6-4-2)35-28-37(42-36-20-10-9-19-34(36)38)33(31-16-7-8-17-32(31)35)18-12-14-29-13-11-15-30(27-29)39-23-25-41-26-24-39/h3,7-13,15-20,27-28H,1,4-6,14,21-26H2,2H3/b18-12-. The molecule has 1 saturated heterocycles. The number of fused-ring (bicyclic) bond motifs is 1. The molecule has 0 N–H and O–H groups in total. The number of hydrogen-bond acceptors (Lipinski definition) is 4. The van der Waals surface area contributed by atoms with Crippen LogP contribution in [0.4, 0.5) is 15.8 Å². The highest BCUT2D eigenvalue weighted by Gasteiger charge is 2.18. The lowest BCUT2D eigenvalue weighted by Crippen LogP contribution is -2.36. The molecule has 0 saturated carbocycles. The molecule has 5 heteroatoms. The maximum Gasteiger partial charge on any atom is 0.165 e. The molecule has 4 nitrogen and oxygen atoms in total. The molecule has 4 aromatic rings. The molecule has 1 heterocycles. The Morgan fingerprint density at radius 1 is 0.929 bits per heavy atom. The lowest BCUT2D eigenvalue weighted by Gasteiger charge is -2.29. The summed E-state index contributed by atoms with van der Waals surface area (Å²) in [5.74, 6) is 0.488. The van der Waals surface area contributed by atoms with Crippen LogP contribution in [0.15, 0.2) is 97.6 Å². The van der Waals surface area contributed by atoms with Crippen molar-refractivity contribution in [3.8, 4) is 11.5 Å². The highest BCUT2D eigenvalue weighted by Crippen LogP contribution is 2.40. The van der Waals surface area contributed by atoms with Crippen molar-refractivity contribution in [2.24, 2.45) is 0 Å². The van der Waals surface area contributed by atoms with Gasteiger partial charge in [0, 0.05) is 54.6 Å². The summed E-state index contributed by atoms with van der Waals surface area (Å²) in [6, 6.07) is 25.9. The minimum absolute atomic E-state index is 0.220. The molecule has 0 amide bonds. The molecular formula is C37H41FN2O2. The second kappa shape index (κ2) is 14.7. The van der Waals surface area contributed by atoms with Gasteiger partial charge >= 0.3 is 0 Å². The van der Waals surface area contributed by atoms with Crippen molar-refractivity contribution < 1.29 is 13.9 Å². The van der Waals surface area contributed by atoms with Gasteiger partial charge in [0.2, 0.25) is 0 Å². The van der Waals surface area contributed by atoms with Crippen LogP contribution in [-0.2, 0) is 11.2 Å². The number of morpholine rings is 1. The maximum absolute atomic E-state index is 14.8. The predicted molar refractivity (Wildman–Crippen MR) is 175 cm³/mol. The van der Waals surface area contributed by atoms with Crippen molar-refractivity contribution in [1.29, 1.82) is 0 Å². The van der Waals surface area contributed by atoms with Crippen molar-refractivity contribution in [1.82, 2.24) is 0 Å². The first kappa shape index (κ1) is 29.4. The second-order valence-electron chi connectivity index (χ2n) is 10.7. The number of hydrogen-bond donors (Lipinski definition) is 0. The van der Waals surface area contributed by atoms with Crippen LogP contribution in [0.25, 0.3) is 16.8 Å². The zero-order chi connectivity index (χ0) is 29.1. The van der Waals surface area contributed by atoms with Crippen LogP contribution in [-0.4, -0.2) is 39.4 Å². The Labute approximate surface area is 249 Å². The Bertz CT molecular complexity index is 1510. The van der Waals surface area contributed by atoms with Crippen LogP contribution in [0, 0.1) is 5.82 Å². The van der Waals surface area contributed by atoms with E-state index in [1.54, 1.807) is 18.2 Å². The second-order valence-corrected chi connectivity index (χ2v) is 10.7. The topological polar surface area (TPSA) is 24.9 Å². The number of halogens is 1. The summed E-state index contributed by atoms with van der Waals surface area (Å²) in [4.78, 5) is 4.78. The van der Waals surface area contributed by atoms with Crippen LogP contribution in [0.5, 0.6) is 11.5 Å². The summed E-state index contributed by atoms with van der Waals surface area (Å²) >= 11 is 0. The third-order valence-electron chi connectivity index (χ3n) is 7.73. The zero-order valence-corrected chi connectivity index (χ0v) is 24.6. The molecule has 5 rings (SSSR count). The summed E-state index contributed by atoms with van der Waals surface area (Å²) in [6.07, 6.45) is 10.1. The van der Waals surface area contributed by atoms with Crippen LogP contribution < -0.4 is 14.5 Å². The van der Waals surface area contributed by atoms with Gasteiger partial charge in [-0.25, -0.2) is 4.39 Å². The fourth-order valence-electron chi connectivity index (χ4n) is 5.48. The molecule has 4 aromatic carbocycles. The van der Waals surface area contributed by atoms with E-state index in [0.717, 1.165) is 87.1 Å². The van der Waals surface area contributed by atoms with E-state index >= 15 is 0 Å². The number of ether oxygens (including phenoxy) is 2. The van der Waals surface area contributed by atoms with Crippen molar-refractivity contribution in [3.63, 3.8) is 0 Å². The van der Waals surface area contributed by atoms with Crippen LogP contribution in [0.1, 0.15) is 37.3 Å². The highest BCUT2D eigenvalue weighted by molar-refractivity contribution is 6.01. The molecular weight excluding hydrogens is 523 g/mol. The summed E-state index contributed by atoms with van der Waals surface area (Å²) in [5, 5.41) is 2.24. The Morgan fingerprint density at radius 2 is 1.71 bits per heavy atom. The maximum atomic E-state index is 14.8. The number of benzene rings is 4. The van der Waals surface area contributed by atoms with Crippen molar-refractivity contribution in [2.45, 2.75) is 32.6 Å². The van der Waals surface area contributed by atoms with E-state index in [4.69, 9.17) is 9.47 Å². The summed E-state index contributed by atoms with van der Waals surface area (Å²) in [5.41, 5.74) is 4.51. The van der Waals surface area contributed by atoms with Gasteiger partial charge in [0.05, 0.1) is 13.2 Å². The molecule has 218 valence electrons. The monoisotopic (exact) mass is 564 g/mol. The SMILES string of the molecule is C=CCCN(CCCC)c1cc(Oc2ccccc2F)c(/C=C\Cc2cccc(N3CCOCC3)c2)c2ccccc12. The molecule has 1 aliphatic rings. The van der Waals surface area contributed by atoms with E-state index in [0.29, 0.717) is 5.75 Å². The lowest BCUT2D eigenvalue weighted by molar-refractivity contribution is 0.122. The van der Waals surface area contributed by atoms with E-state index in [2.05, 4.69) is 90.1 Å². The van der Waals surface area contributed by atoms with E-state index in [1.807, 2.05) is 6.08 Å². The Balaban J connectivity index is 1.53. The molecule has 0 radical (unpaired) electrons. The molecule has 1 aliphatic heterocycles. The lowest BCUT2D eigenvalue weighted by atomic mass is 9.99. The van der Waals surface area contributed by atoms with E-state index in [9.17, 15) is 4.39 Å². The van der Waals surface area contributed by atoms with Gasteiger partial charge in [-0.05, 0) is 54.5 Å². The molecule has 0 aromatic heterocycles. The van der Waals surface area contributed by atoms with Crippen LogP contribution >= 0.6 is 0 Å². The minimum atomic E-state index is -0.378. The Hall–Kier alpha value is -4.09. The van der Waals surface area contributed by atoms with Gasteiger partial charge in [-0.2, -0.15) is 0 Å². The minimum Gasteiger partial charge on any atom is -0.454 e. The Kier molecular flexibility index (Phi) is 10.3. The van der Waals surface area contributed by atoms with Crippen molar-refractivity contribution in [3.05, 3.63) is 115 Å². The first-order chi connectivity index (χ1) is 20.7. The first-order valence-electron chi connectivity index (χ1n) is 15.1. The van der Waals surface area contributed by atoms with Crippen LogP contribution in [0.3, 0.4) is 0 Å². The number of unbranched alkanes of at least 4 members (excludes halogenated alkanes) is 1. The number of para-hydroxylation sites is 1. The third-order valence-corrected chi connectivity index (χ3v) is 7.73. The van der Waals surface area contributed by atoms with E-state index < -0.39 is 0 Å². The van der Waals surface area contributed by atoms with Gasteiger partial charge in [0.15, 0.2) is 11.6 Å². The van der Waals surface area contributed by atoms with Gasteiger partial charge in [-0.3, -0.25) is 0 Å². The summed E-state index contributed by atoms with van der Waals surface area (Å²) in [7, 11) is 0. The largest absolute Gasteiger partial charge is 0.454 e. The fourth-order valence-corrected chi connectivity index (χ4v) is 5.48. The number of nitrogens with zero attached hydrogens (tertiary/aromatic N) is 2. The smallest absolute Gasteiger partial charge is 0.165 e. The molecule has 0 spiro atoms. The number of anilines is 2. The fraction of sp³-hybridized carbons (Fsp3) is 0.297. The van der Waals surface area contributed by atoms with Crippen molar-refractivity contribution >= 4 is 28.2 Å². The average molecular weight is 565 g/mol. The zero-order valence-electron chi connectivity index (χ0n) is 24.6. The van der Waals surface area contributed by atoms with Gasteiger partial charge in [-0.1, -0.05) is 80.1 Å². The van der Waals surface area contributed by atoms with E-state index in [1.165, 1.54) is 17.3 Å². The van der Waals surface area contributed by atoms with E-state index in [-0.39, 0.29) is 11.6 Å². The average Bonchev–Trinajstić information content (AvgIpc) is 3.03. The third kappa shape index (κ3) is 7.21. The first-order valence-corrected chi connectivity index (χ1v) is 15.1. The molecule has 42 heavy (non-hydrogen) atoms. The normalized spacial score (nSPS) is 13.5. The summed E-state index contributed by atoms with van der Waals surface area (Å²) < 4.78 is 26.7. The van der Waals surface area contributed by atoms with Gasteiger partial charge < -0.3 is 19.3 Å². The van der Waals surface area contributed by atoms with Gasteiger partial charge in [0.25, 0.3) is 0 Å². The quantitative estimate of drug-likeness (QED) is 0.151. The highest BCUT2D eigenvalue weighted by atomic mass is 19.1. The molecule has 0 aliphatic carbocycles. The molecule has 0 unspecified atom stereocenters. The Morgan fingerprint density at radius 3 is 2.50 bits per heavy atom. The van der Waals surface area contributed by atoms with Gasteiger partial charge in [0.1, 0.15) is 5.75 Å². The molecule has 0 atom stereocenters. The van der Waals surface area contributed by atoms with Crippen LogP contribution in [0.2, 0.25) is 0 Å². The molecule has 1 fully saturated rings. The van der Waals surface area contributed by atoms with Crippen molar-refractivity contribution in [2.75, 3.05) is 49.2 Å². The predicted octanol–water partition coefficient (Wildman–Crippen LogP) is 9.05. The number of rotatable bonds is 13. The molecule has 0 bridgehead atoms. The van der Waals surface area contributed by atoms with Gasteiger partial charge in [-0.15, -0.1) is 6.58 Å².